The van der Waals surface area contributed by atoms with Crippen LogP contribution in [0.5, 0.6) is 5.75 Å². The quantitative estimate of drug-likeness (QED) is 0.790. The van der Waals surface area contributed by atoms with E-state index in [1.54, 1.807) is 7.11 Å². The number of thioether (sulfide) groups is 1. The van der Waals surface area contributed by atoms with Crippen LogP contribution in [0.15, 0.2) is 29.2 Å². The van der Waals surface area contributed by atoms with Crippen LogP contribution in [0.4, 0.5) is 0 Å². The third-order valence-electron chi connectivity index (χ3n) is 2.40. The van der Waals surface area contributed by atoms with Crippen LogP contribution >= 0.6 is 24.2 Å². The molecular formula is C13H21ClN2O2S. The normalized spacial score (nSPS) is 10.5. The molecule has 0 aliphatic heterocycles. The molecule has 0 heterocycles. The molecule has 0 fully saturated rings. The molecule has 108 valence electrons. The maximum absolute atomic E-state index is 11.7. The van der Waals surface area contributed by atoms with Gasteiger partial charge in [-0.1, -0.05) is 6.07 Å². The van der Waals surface area contributed by atoms with E-state index in [-0.39, 0.29) is 23.9 Å². The number of rotatable bonds is 6. The van der Waals surface area contributed by atoms with Gasteiger partial charge in [-0.15, -0.1) is 24.2 Å². The highest BCUT2D eigenvalue weighted by Crippen LogP contribution is 2.22. The molecule has 1 aromatic carbocycles. The molecule has 1 rings (SSSR count). The monoisotopic (exact) mass is 304 g/mol. The molecule has 0 saturated heterocycles. The molecular weight excluding hydrogens is 284 g/mol. The van der Waals surface area contributed by atoms with Gasteiger partial charge in [0.25, 0.3) is 0 Å². The summed E-state index contributed by atoms with van der Waals surface area (Å²) in [6, 6.07) is 7.64. The summed E-state index contributed by atoms with van der Waals surface area (Å²) in [7, 11) is 1.63. The Morgan fingerprint density at radius 3 is 2.74 bits per heavy atom. The van der Waals surface area contributed by atoms with Gasteiger partial charge in [-0.05, 0) is 32.0 Å². The lowest BCUT2D eigenvalue weighted by atomic mass is 10.1. The number of benzene rings is 1. The Morgan fingerprint density at radius 1 is 1.47 bits per heavy atom. The second-order valence-corrected chi connectivity index (χ2v) is 5.65. The zero-order valence-corrected chi connectivity index (χ0v) is 13.1. The van der Waals surface area contributed by atoms with Gasteiger partial charge in [-0.2, -0.15) is 0 Å². The number of ether oxygens (including phenoxy) is 1. The first kappa shape index (κ1) is 18.1. The molecule has 4 nitrogen and oxygen atoms in total. The molecule has 0 aliphatic rings. The minimum absolute atomic E-state index is 0. The largest absolute Gasteiger partial charge is 0.497 e. The first-order chi connectivity index (χ1) is 8.46. The van der Waals surface area contributed by atoms with E-state index in [0.717, 1.165) is 10.6 Å². The number of methoxy groups -OCH3 is 1. The molecule has 3 N–H and O–H groups in total. The van der Waals surface area contributed by atoms with Crippen LogP contribution in [0.25, 0.3) is 0 Å². The van der Waals surface area contributed by atoms with Crippen molar-refractivity contribution in [1.29, 1.82) is 0 Å². The van der Waals surface area contributed by atoms with E-state index in [2.05, 4.69) is 5.32 Å². The molecule has 0 atom stereocenters. The summed E-state index contributed by atoms with van der Waals surface area (Å²) in [6.45, 7) is 4.23. The number of nitrogens with one attached hydrogen (secondary N) is 1. The summed E-state index contributed by atoms with van der Waals surface area (Å²) >= 11 is 1.48. The lowest BCUT2D eigenvalue weighted by Crippen LogP contribution is -2.49. The highest BCUT2D eigenvalue weighted by molar-refractivity contribution is 8.00. The predicted octanol–water partition coefficient (Wildman–Crippen LogP) is 2.06. The van der Waals surface area contributed by atoms with E-state index < -0.39 is 0 Å². The molecule has 0 aliphatic carbocycles. The van der Waals surface area contributed by atoms with Crippen molar-refractivity contribution in [2.24, 2.45) is 5.73 Å². The van der Waals surface area contributed by atoms with Gasteiger partial charge in [0.1, 0.15) is 5.75 Å². The summed E-state index contributed by atoms with van der Waals surface area (Å²) in [5, 5.41) is 2.89. The molecule has 1 aromatic rings. The Bertz CT molecular complexity index is 413. The summed E-state index contributed by atoms with van der Waals surface area (Å²) in [6.07, 6.45) is 0. The fraction of sp³-hybridized carbons (Fsp3) is 0.462. The molecule has 0 bridgehead atoms. The van der Waals surface area contributed by atoms with E-state index >= 15 is 0 Å². The van der Waals surface area contributed by atoms with Crippen LogP contribution in [-0.2, 0) is 4.79 Å². The molecule has 19 heavy (non-hydrogen) atoms. The Kier molecular flexibility index (Phi) is 7.90. The third-order valence-corrected chi connectivity index (χ3v) is 3.39. The van der Waals surface area contributed by atoms with E-state index in [4.69, 9.17) is 10.5 Å². The zero-order valence-electron chi connectivity index (χ0n) is 11.4. The lowest BCUT2D eigenvalue weighted by Gasteiger charge is -2.24. The van der Waals surface area contributed by atoms with Gasteiger partial charge in [0.2, 0.25) is 5.91 Å². The maximum atomic E-state index is 11.7. The Labute approximate surface area is 124 Å². The van der Waals surface area contributed by atoms with E-state index in [1.807, 2.05) is 38.1 Å². The van der Waals surface area contributed by atoms with Crippen LogP contribution in [0, 0.1) is 0 Å². The van der Waals surface area contributed by atoms with Crippen molar-refractivity contribution in [1.82, 2.24) is 5.32 Å². The van der Waals surface area contributed by atoms with Gasteiger partial charge in [0, 0.05) is 17.0 Å². The smallest absolute Gasteiger partial charge is 0.230 e. The average molecular weight is 305 g/mol. The fourth-order valence-electron chi connectivity index (χ4n) is 1.30. The lowest BCUT2D eigenvalue weighted by molar-refractivity contribution is -0.120. The minimum Gasteiger partial charge on any atom is -0.497 e. The van der Waals surface area contributed by atoms with E-state index in [0.29, 0.717) is 12.3 Å². The second kappa shape index (κ2) is 8.30. The van der Waals surface area contributed by atoms with Crippen molar-refractivity contribution >= 4 is 30.1 Å². The SMILES string of the molecule is COc1cccc(SCC(=O)NC(C)(C)CN)c1.Cl. The molecule has 0 radical (unpaired) electrons. The highest BCUT2D eigenvalue weighted by Gasteiger charge is 2.17. The van der Waals surface area contributed by atoms with Crippen molar-refractivity contribution < 1.29 is 9.53 Å². The number of carbonyl (C=O) groups excluding carboxylic acids is 1. The summed E-state index contributed by atoms with van der Waals surface area (Å²) in [4.78, 5) is 12.7. The van der Waals surface area contributed by atoms with Gasteiger partial charge in [-0.3, -0.25) is 4.79 Å². The van der Waals surface area contributed by atoms with Crippen LogP contribution in [-0.4, -0.2) is 30.9 Å². The van der Waals surface area contributed by atoms with Crippen molar-refractivity contribution in [3.8, 4) is 5.75 Å². The maximum Gasteiger partial charge on any atom is 0.230 e. The Balaban J connectivity index is 0.00000324. The van der Waals surface area contributed by atoms with Gasteiger partial charge in [-0.25, -0.2) is 0 Å². The summed E-state index contributed by atoms with van der Waals surface area (Å²) < 4.78 is 5.13. The molecule has 6 heteroatoms. The van der Waals surface area contributed by atoms with Gasteiger partial charge in [0.05, 0.1) is 12.9 Å². The third kappa shape index (κ3) is 6.71. The fourth-order valence-corrected chi connectivity index (χ4v) is 2.05. The minimum atomic E-state index is -0.355. The Hall–Kier alpha value is -0.910. The number of halogens is 1. The number of hydrogen-bond donors (Lipinski definition) is 2. The van der Waals surface area contributed by atoms with E-state index in [1.165, 1.54) is 11.8 Å². The molecule has 0 unspecified atom stereocenters. The second-order valence-electron chi connectivity index (χ2n) is 4.60. The van der Waals surface area contributed by atoms with Crippen molar-refractivity contribution in [3.05, 3.63) is 24.3 Å². The van der Waals surface area contributed by atoms with E-state index in [9.17, 15) is 4.79 Å². The van der Waals surface area contributed by atoms with Crippen LogP contribution in [0.2, 0.25) is 0 Å². The van der Waals surface area contributed by atoms with Crippen LogP contribution in [0.1, 0.15) is 13.8 Å². The standard InChI is InChI=1S/C13H20N2O2S.ClH/c1-13(2,9-14)15-12(16)8-18-11-6-4-5-10(7-11)17-3;/h4-7H,8-9,14H2,1-3H3,(H,15,16);1H. The zero-order chi connectivity index (χ0) is 13.6. The van der Waals surface area contributed by atoms with Crippen molar-refractivity contribution in [2.75, 3.05) is 19.4 Å². The average Bonchev–Trinajstić information content (AvgIpc) is 2.36. The topological polar surface area (TPSA) is 64.3 Å². The van der Waals surface area contributed by atoms with Crippen LogP contribution < -0.4 is 15.8 Å². The van der Waals surface area contributed by atoms with Crippen molar-refractivity contribution in [3.63, 3.8) is 0 Å². The number of amides is 1. The Morgan fingerprint density at radius 2 is 2.16 bits per heavy atom. The predicted molar refractivity (Wildman–Crippen MR) is 82.2 cm³/mol. The highest BCUT2D eigenvalue weighted by atomic mass is 35.5. The molecule has 1 amide bonds. The summed E-state index contributed by atoms with van der Waals surface area (Å²) in [5.41, 5.74) is 5.21. The number of hydrogen-bond acceptors (Lipinski definition) is 4. The number of nitrogens with two attached hydrogens (primary N) is 1. The van der Waals surface area contributed by atoms with Gasteiger partial charge in [0.15, 0.2) is 0 Å². The van der Waals surface area contributed by atoms with Crippen molar-refractivity contribution in [2.45, 2.75) is 24.3 Å². The summed E-state index contributed by atoms with van der Waals surface area (Å²) in [5.74, 6) is 1.15. The first-order valence-electron chi connectivity index (χ1n) is 5.75. The number of carbonyl (C=O) groups is 1. The van der Waals surface area contributed by atoms with Crippen LogP contribution in [0.3, 0.4) is 0 Å². The first-order valence-corrected chi connectivity index (χ1v) is 6.73. The molecule has 0 saturated carbocycles. The molecule has 0 aromatic heterocycles. The van der Waals surface area contributed by atoms with Gasteiger partial charge >= 0.3 is 0 Å². The molecule has 0 spiro atoms. The van der Waals surface area contributed by atoms with Gasteiger partial charge < -0.3 is 15.8 Å².